The zero-order valence-electron chi connectivity index (χ0n) is 14.0. The normalized spacial score (nSPS) is 13.5. The summed E-state index contributed by atoms with van der Waals surface area (Å²) in [6.45, 7) is 4.85. The zero-order valence-corrected chi connectivity index (χ0v) is 16.2. The van der Waals surface area contributed by atoms with Gasteiger partial charge in [-0.05, 0) is 72.5 Å². The smallest absolute Gasteiger partial charge is 0.252 e. The number of carbonyl (C=O) groups is 1. The summed E-state index contributed by atoms with van der Waals surface area (Å²) in [7, 11) is 0. The standard InChI is InChI=1S/C20H23IN2O/c1-15-9-10-17(18(21)14-15)20(24)22-11-5-13-23-12-4-7-16-6-2-3-8-19(16)23/h2-3,6,8-10,14H,4-5,7,11-13H2,1H3,(H,22,24). The summed E-state index contributed by atoms with van der Waals surface area (Å²) in [6.07, 6.45) is 3.35. The topological polar surface area (TPSA) is 32.3 Å². The Hall–Kier alpha value is -1.56. The van der Waals surface area contributed by atoms with Crippen molar-refractivity contribution < 1.29 is 4.79 Å². The Labute approximate surface area is 157 Å². The minimum absolute atomic E-state index is 0.0263. The van der Waals surface area contributed by atoms with E-state index in [0.29, 0.717) is 6.54 Å². The van der Waals surface area contributed by atoms with Crippen molar-refractivity contribution in [1.29, 1.82) is 0 Å². The molecule has 126 valence electrons. The van der Waals surface area contributed by atoms with Gasteiger partial charge in [-0.3, -0.25) is 4.79 Å². The number of para-hydroxylation sites is 1. The second-order valence-electron chi connectivity index (χ2n) is 6.31. The molecule has 0 aromatic heterocycles. The summed E-state index contributed by atoms with van der Waals surface area (Å²) in [5.74, 6) is 0.0263. The van der Waals surface area contributed by atoms with E-state index in [2.05, 4.69) is 57.1 Å². The molecule has 0 atom stereocenters. The van der Waals surface area contributed by atoms with E-state index in [-0.39, 0.29) is 5.91 Å². The molecule has 24 heavy (non-hydrogen) atoms. The Morgan fingerprint density at radius 3 is 2.92 bits per heavy atom. The summed E-state index contributed by atoms with van der Waals surface area (Å²) in [4.78, 5) is 14.7. The highest BCUT2D eigenvalue weighted by Crippen LogP contribution is 2.26. The molecule has 0 unspecified atom stereocenters. The van der Waals surface area contributed by atoms with Crippen molar-refractivity contribution in [3.05, 3.63) is 62.7 Å². The third-order valence-electron chi connectivity index (χ3n) is 4.47. The van der Waals surface area contributed by atoms with Gasteiger partial charge in [0, 0.05) is 28.9 Å². The van der Waals surface area contributed by atoms with Crippen molar-refractivity contribution in [2.45, 2.75) is 26.2 Å². The average molecular weight is 434 g/mol. The number of nitrogens with zero attached hydrogens (tertiary/aromatic N) is 1. The number of fused-ring (bicyclic) bond motifs is 1. The molecule has 0 spiro atoms. The van der Waals surface area contributed by atoms with Crippen molar-refractivity contribution in [3.63, 3.8) is 0 Å². The van der Waals surface area contributed by atoms with Crippen LogP contribution < -0.4 is 10.2 Å². The number of hydrogen-bond donors (Lipinski definition) is 1. The van der Waals surface area contributed by atoms with Crippen LogP contribution in [0.15, 0.2) is 42.5 Å². The number of anilines is 1. The molecule has 1 N–H and O–H groups in total. The molecule has 1 amide bonds. The fourth-order valence-corrected chi connectivity index (χ4v) is 4.13. The Bertz CT molecular complexity index is 729. The van der Waals surface area contributed by atoms with Gasteiger partial charge in [-0.1, -0.05) is 29.8 Å². The first-order chi connectivity index (χ1) is 11.6. The summed E-state index contributed by atoms with van der Waals surface area (Å²) >= 11 is 2.23. The maximum Gasteiger partial charge on any atom is 0.252 e. The van der Waals surface area contributed by atoms with Crippen LogP contribution in [-0.2, 0) is 6.42 Å². The fraction of sp³-hybridized carbons (Fsp3) is 0.350. The van der Waals surface area contributed by atoms with Gasteiger partial charge < -0.3 is 10.2 Å². The van der Waals surface area contributed by atoms with E-state index in [9.17, 15) is 4.79 Å². The highest BCUT2D eigenvalue weighted by molar-refractivity contribution is 14.1. The monoisotopic (exact) mass is 434 g/mol. The Balaban J connectivity index is 1.50. The highest BCUT2D eigenvalue weighted by atomic mass is 127. The molecule has 0 radical (unpaired) electrons. The predicted molar refractivity (Wildman–Crippen MR) is 108 cm³/mol. The number of halogens is 1. The number of hydrogen-bond acceptors (Lipinski definition) is 2. The van der Waals surface area contributed by atoms with Crippen molar-refractivity contribution in [2.24, 2.45) is 0 Å². The molecule has 0 bridgehead atoms. The molecule has 3 nitrogen and oxygen atoms in total. The van der Waals surface area contributed by atoms with Crippen molar-refractivity contribution >= 4 is 34.2 Å². The number of aryl methyl sites for hydroxylation is 2. The van der Waals surface area contributed by atoms with E-state index in [1.165, 1.54) is 29.7 Å². The predicted octanol–water partition coefficient (Wildman–Crippen LogP) is 4.17. The molecule has 0 fully saturated rings. The van der Waals surface area contributed by atoms with Crippen LogP contribution in [0.1, 0.15) is 34.3 Å². The zero-order chi connectivity index (χ0) is 16.9. The molecule has 3 rings (SSSR count). The number of carbonyl (C=O) groups excluding carboxylic acids is 1. The molecular formula is C20H23IN2O. The number of nitrogens with one attached hydrogen (secondary N) is 1. The Kier molecular flexibility index (Phi) is 5.76. The van der Waals surface area contributed by atoms with Crippen LogP contribution in [0.3, 0.4) is 0 Å². The lowest BCUT2D eigenvalue weighted by atomic mass is 10.0. The molecule has 2 aromatic carbocycles. The third-order valence-corrected chi connectivity index (χ3v) is 5.36. The van der Waals surface area contributed by atoms with Gasteiger partial charge in [-0.25, -0.2) is 0 Å². The number of rotatable bonds is 5. The van der Waals surface area contributed by atoms with E-state index in [1.807, 2.05) is 25.1 Å². The molecule has 1 heterocycles. The van der Waals surface area contributed by atoms with Crippen LogP contribution in [0.5, 0.6) is 0 Å². The minimum Gasteiger partial charge on any atom is -0.371 e. The van der Waals surface area contributed by atoms with Gasteiger partial charge in [0.25, 0.3) is 5.91 Å². The Morgan fingerprint density at radius 2 is 2.08 bits per heavy atom. The lowest BCUT2D eigenvalue weighted by Gasteiger charge is -2.31. The van der Waals surface area contributed by atoms with E-state index >= 15 is 0 Å². The van der Waals surface area contributed by atoms with E-state index in [1.54, 1.807) is 0 Å². The maximum absolute atomic E-state index is 12.3. The second kappa shape index (κ2) is 8.01. The highest BCUT2D eigenvalue weighted by Gasteiger charge is 2.15. The molecule has 0 saturated carbocycles. The van der Waals surface area contributed by atoms with Gasteiger partial charge in [-0.2, -0.15) is 0 Å². The fourth-order valence-electron chi connectivity index (χ4n) is 3.22. The first-order valence-corrected chi connectivity index (χ1v) is 9.60. The van der Waals surface area contributed by atoms with Crippen molar-refractivity contribution in [1.82, 2.24) is 5.32 Å². The second-order valence-corrected chi connectivity index (χ2v) is 7.47. The summed E-state index contributed by atoms with van der Waals surface area (Å²) in [5, 5.41) is 3.05. The summed E-state index contributed by atoms with van der Waals surface area (Å²) in [6, 6.07) is 14.6. The lowest BCUT2D eigenvalue weighted by molar-refractivity contribution is 0.0952. The minimum atomic E-state index is 0.0263. The number of benzene rings is 2. The van der Waals surface area contributed by atoms with Crippen molar-refractivity contribution in [3.8, 4) is 0 Å². The van der Waals surface area contributed by atoms with E-state index in [0.717, 1.165) is 28.6 Å². The summed E-state index contributed by atoms with van der Waals surface area (Å²) in [5.41, 5.74) is 4.76. The quantitative estimate of drug-likeness (QED) is 0.566. The molecule has 2 aromatic rings. The molecule has 0 saturated heterocycles. The van der Waals surface area contributed by atoms with Crippen LogP contribution in [0.2, 0.25) is 0 Å². The van der Waals surface area contributed by atoms with Crippen LogP contribution in [0, 0.1) is 10.5 Å². The molecule has 1 aliphatic rings. The third kappa shape index (κ3) is 4.09. The molecule has 4 heteroatoms. The first kappa shape index (κ1) is 17.3. The lowest BCUT2D eigenvalue weighted by Crippen LogP contribution is -2.33. The van der Waals surface area contributed by atoms with Gasteiger partial charge in [-0.15, -0.1) is 0 Å². The maximum atomic E-state index is 12.3. The molecule has 1 aliphatic heterocycles. The van der Waals surface area contributed by atoms with E-state index < -0.39 is 0 Å². The average Bonchev–Trinajstić information content (AvgIpc) is 2.58. The van der Waals surface area contributed by atoms with Crippen LogP contribution in [-0.4, -0.2) is 25.5 Å². The molecular weight excluding hydrogens is 411 g/mol. The van der Waals surface area contributed by atoms with Crippen LogP contribution in [0.4, 0.5) is 5.69 Å². The van der Waals surface area contributed by atoms with Gasteiger partial charge in [0.05, 0.1) is 5.56 Å². The number of amides is 1. The summed E-state index contributed by atoms with van der Waals surface area (Å²) < 4.78 is 1.01. The van der Waals surface area contributed by atoms with Gasteiger partial charge >= 0.3 is 0 Å². The van der Waals surface area contributed by atoms with Crippen LogP contribution in [0.25, 0.3) is 0 Å². The Morgan fingerprint density at radius 1 is 1.25 bits per heavy atom. The SMILES string of the molecule is Cc1ccc(C(=O)NCCCN2CCCc3ccccc32)c(I)c1. The van der Waals surface area contributed by atoms with E-state index in [4.69, 9.17) is 0 Å². The molecule has 0 aliphatic carbocycles. The van der Waals surface area contributed by atoms with Crippen LogP contribution >= 0.6 is 22.6 Å². The van der Waals surface area contributed by atoms with Crippen molar-refractivity contribution in [2.75, 3.05) is 24.5 Å². The van der Waals surface area contributed by atoms with Gasteiger partial charge in [0.2, 0.25) is 0 Å². The first-order valence-electron chi connectivity index (χ1n) is 8.52. The van der Waals surface area contributed by atoms with Gasteiger partial charge in [0.15, 0.2) is 0 Å². The largest absolute Gasteiger partial charge is 0.371 e. The van der Waals surface area contributed by atoms with Gasteiger partial charge in [0.1, 0.15) is 0 Å².